The molecule has 3 nitrogen and oxygen atoms in total. The fourth-order valence-corrected chi connectivity index (χ4v) is 2.63. The summed E-state index contributed by atoms with van der Waals surface area (Å²) in [5, 5.41) is 3.06. The van der Waals surface area contributed by atoms with Gasteiger partial charge in [-0.25, -0.2) is 0 Å². The number of likely N-dealkylation sites (tertiary alicyclic amines) is 1. The van der Waals surface area contributed by atoms with Gasteiger partial charge in [0.1, 0.15) is 0 Å². The Bertz CT molecular complexity index is 243. The molecule has 0 aromatic heterocycles. The molecule has 0 aromatic carbocycles. The van der Waals surface area contributed by atoms with E-state index in [2.05, 4.69) is 31.0 Å². The van der Waals surface area contributed by atoms with E-state index >= 15 is 0 Å². The minimum atomic E-state index is 0. The molecule has 1 amide bonds. The molecule has 1 aliphatic rings. The van der Waals surface area contributed by atoms with Gasteiger partial charge in [0, 0.05) is 24.5 Å². The Morgan fingerprint density at radius 3 is 2.50 bits per heavy atom. The number of carbonyl (C=O) groups excluding carboxylic acids is 1. The summed E-state index contributed by atoms with van der Waals surface area (Å²) in [5.74, 6) is 1.00. The lowest BCUT2D eigenvalue weighted by atomic mass is 9.97. The molecule has 1 aliphatic heterocycles. The van der Waals surface area contributed by atoms with E-state index in [4.69, 9.17) is 0 Å². The van der Waals surface area contributed by atoms with Crippen molar-refractivity contribution in [3.05, 3.63) is 0 Å². The van der Waals surface area contributed by atoms with Crippen molar-refractivity contribution in [3.8, 4) is 0 Å². The monoisotopic (exact) mass is 248 g/mol. The highest BCUT2D eigenvalue weighted by Crippen LogP contribution is 2.33. The Balaban J connectivity index is 0.00000225. The van der Waals surface area contributed by atoms with Gasteiger partial charge in [0.2, 0.25) is 5.91 Å². The van der Waals surface area contributed by atoms with Gasteiger partial charge in [0.25, 0.3) is 0 Å². The van der Waals surface area contributed by atoms with Crippen molar-refractivity contribution in [2.75, 3.05) is 20.1 Å². The van der Waals surface area contributed by atoms with E-state index in [0.717, 1.165) is 19.5 Å². The Labute approximate surface area is 105 Å². The molecule has 0 saturated carbocycles. The van der Waals surface area contributed by atoms with Crippen LogP contribution in [0, 0.1) is 11.8 Å². The summed E-state index contributed by atoms with van der Waals surface area (Å²) < 4.78 is 0. The number of halogens is 1. The van der Waals surface area contributed by atoms with E-state index in [9.17, 15) is 4.79 Å². The predicted octanol–water partition coefficient (Wildman–Crippen LogP) is 1.91. The van der Waals surface area contributed by atoms with E-state index in [1.807, 2.05) is 14.0 Å². The minimum Gasteiger partial charge on any atom is -0.337 e. The Kier molecular flexibility index (Phi) is 5.77. The predicted molar refractivity (Wildman–Crippen MR) is 69.9 cm³/mol. The number of hydrogen-bond acceptors (Lipinski definition) is 2. The van der Waals surface area contributed by atoms with Gasteiger partial charge in [-0.05, 0) is 33.2 Å². The molecule has 2 atom stereocenters. The van der Waals surface area contributed by atoms with E-state index in [1.54, 1.807) is 0 Å². The van der Waals surface area contributed by atoms with Crippen LogP contribution in [0.1, 0.15) is 34.1 Å². The summed E-state index contributed by atoms with van der Waals surface area (Å²) >= 11 is 0. The second kappa shape index (κ2) is 5.87. The number of amides is 1. The van der Waals surface area contributed by atoms with Crippen LogP contribution in [0.2, 0.25) is 0 Å². The lowest BCUT2D eigenvalue weighted by molar-refractivity contribution is -0.138. The molecule has 1 N–H and O–H groups in total. The molecule has 0 aliphatic carbocycles. The highest BCUT2D eigenvalue weighted by Gasteiger charge is 2.40. The normalized spacial score (nSPS) is 25.1. The summed E-state index contributed by atoms with van der Waals surface area (Å²) in [7, 11) is 1.89. The molecule has 96 valence electrons. The van der Waals surface area contributed by atoms with Crippen molar-refractivity contribution in [3.63, 3.8) is 0 Å². The van der Waals surface area contributed by atoms with Crippen LogP contribution in [0.4, 0.5) is 0 Å². The van der Waals surface area contributed by atoms with Crippen molar-refractivity contribution < 1.29 is 4.79 Å². The first-order valence-corrected chi connectivity index (χ1v) is 5.84. The maximum atomic E-state index is 12.2. The van der Waals surface area contributed by atoms with Crippen LogP contribution in [0.5, 0.6) is 0 Å². The van der Waals surface area contributed by atoms with Crippen LogP contribution in [0.15, 0.2) is 0 Å². The number of rotatable bonds is 3. The van der Waals surface area contributed by atoms with Crippen LogP contribution in [-0.2, 0) is 4.79 Å². The van der Waals surface area contributed by atoms with Crippen molar-refractivity contribution in [2.24, 2.45) is 11.8 Å². The van der Waals surface area contributed by atoms with Crippen molar-refractivity contribution in [2.45, 2.75) is 39.7 Å². The number of hydrogen-bond donors (Lipinski definition) is 1. The molecule has 1 fully saturated rings. The zero-order valence-corrected chi connectivity index (χ0v) is 11.9. The van der Waals surface area contributed by atoms with Crippen LogP contribution in [0.25, 0.3) is 0 Å². The average molecular weight is 249 g/mol. The van der Waals surface area contributed by atoms with Crippen LogP contribution in [0.3, 0.4) is 0 Å². The first-order valence-electron chi connectivity index (χ1n) is 5.84. The molecular weight excluding hydrogens is 224 g/mol. The van der Waals surface area contributed by atoms with Gasteiger partial charge in [0.05, 0.1) is 0 Å². The van der Waals surface area contributed by atoms with Gasteiger partial charge in [-0.2, -0.15) is 0 Å². The topological polar surface area (TPSA) is 32.3 Å². The minimum absolute atomic E-state index is 0. The zero-order valence-electron chi connectivity index (χ0n) is 11.0. The molecule has 0 aromatic rings. The molecule has 2 unspecified atom stereocenters. The Hall–Kier alpha value is -0.280. The third-order valence-electron chi connectivity index (χ3n) is 3.27. The standard InChI is InChI=1S/C12H24N2O.ClH/c1-9-6-12(3,4)14(8-9)11(15)10(2)7-13-5;/h9-10,13H,6-8H2,1-5H3;1H. The molecule has 0 spiro atoms. The SMILES string of the molecule is CNCC(C)C(=O)N1CC(C)CC1(C)C.Cl. The van der Waals surface area contributed by atoms with Gasteiger partial charge in [-0.15, -0.1) is 12.4 Å². The lowest BCUT2D eigenvalue weighted by Gasteiger charge is -2.33. The highest BCUT2D eigenvalue weighted by molar-refractivity contribution is 5.85. The molecule has 1 heterocycles. The lowest BCUT2D eigenvalue weighted by Crippen LogP contribution is -2.46. The second-order valence-electron chi connectivity index (χ2n) is 5.53. The maximum Gasteiger partial charge on any atom is 0.227 e. The first kappa shape index (κ1) is 15.7. The summed E-state index contributed by atoms with van der Waals surface area (Å²) in [5.41, 5.74) is 0.0402. The van der Waals surface area contributed by atoms with Crippen LogP contribution < -0.4 is 5.32 Å². The summed E-state index contributed by atoms with van der Waals surface area (Å²) in [6, 6.07) is 0. The van der Waals surface area contributed by atoms with Crippen molar-refractivity contribution in [1.29, 1.82) is 0 Å². The Morgan fingerprint density at radius 1 is 1.56 bits per heavy atom. The van der Waals surface area contributed by atoms with E-state index in [1.165, 1.54) is 0 Å². The number of nitrogens with one attached hydrogen (secondary N) is 1. The molecule has 4 heteroatoms. The summed E-state index contributed by atoms with van der Waals surface area (Å²) in [6.07, 6.45) is 1.12. The van der Waals surface area contributed by atoms with Crippen molar-refractivity contribution in [1.82, 2.24) is 10.2 Å². The van der Waals surface area contributed by atoms with E-state index < -0.39 is 0 Å². The van der Waals surface area contributed by atoms with E-state index in [0.29, 0.717) is 11.8 Å². The van der Waals surface area contributed by atoms with Crippen molar-refractivity contribution >= 4 is 18.3 Å². The highest BCUT2D eigenvalue weighted by atomic mass is 35.5. The number of carbonyl (C=O) groups is 1. The Morgan fingerprint density at radius 2 is 2.12 bits per heavy atom. The molecule has 1 rings (SSSR count). The summed E-state index contributed by atoms with van der Waals surface area (Å²) in [6.45, 7) is 10.2. The maximum absolute atomic E-state index is 12.2. The number of nitrogens with zero attached hydrogens (tertiary/aromatic N) is 1. The quantitative estimate of drug-likeness (QED) is 0.828. The van der Waals surface area contributed by atoms with Gasteiger partial charge in [-0.1, -0.05) is 13.8 Å². The summed E-state index contributed by atoms with van der Waals surface area (Å²) in [4.78, 5) is 14.2. The smallest absolute Gasteiger partial charge is 0.227 e. The molecule has 0 radical (unpaired) electrons. The third-order valence-corrected chi connectivity index (χ3v) is 3.27. The van der Waals surface area contributed by atoms with Gasteiger partial charge in [-0.3, -0.25) is 4.79 Å². The average Bonchev–Trinajstić information content (AvgIpc) is 2.38. The third kappa shape index (κ3) is 3.36. The van der Waals surface area contributed by atoms with Gasteiger partial charge < -0.3 is 10.2 Å². The molecule has 0 bridgehead atoms. The largest absolute Gasteiger partial charge is 0.337 e. The van der Waals surface area contributed by atoms with E-state index in [-0.39, 0.29) is 23.9 Å². The molecule has 16 heavy (non-hydrogen) atoms. The van der Waals surface area contributed by atoms with Gasteiger partial charge >= 0.3 is 0 Å². The fraction of sp³-hybridized carbons (Fsp3) is 0.917. The fourth-order valence-electron chi connectivity index (χ4n) is 2.63. The molecular formula is C12H25ClN2O. The van der Waals surface area contributed by atoms with Gasteiger partial charge in [0.15, 0.2) is 0 Å². The molecule has 1 saturated heterocycles. The van der Waals surface area contributed by atoms with Crippen LogP contribution in [-0.4, -0.2) is 36.5 Å². The first-order chi connectivity index (χ1) is 6.88. The zero-order chi connectivity index (χ0) is 11.6. The van der Waals surface area contributed by atoms with Crippen LogP contribution >= 0.6 is 12.4 Å². The second-order valence-corrected chi connectivity index (χ2v) is 5.53.